The molecule has 1 aromatic rings. The number of rotatable bonds is 2. The van der Waals surface area contributed by atoms with E-state index >= 15 is 0 Å². The molecular formula is C14H26N4. The van der Waals surface area contributed by atoms with Gasteiger partial charge < -0.3 is 5.73 Å². The number of nitrogen functional groups attached to an aromatic ring is 1. The van der Waals surface area contributed by atoms with Crippen molar-refractivity contribution in [2.45, 2.75) is 71.3 Å². The van der Waals surface area contributed by atoms with Gasteiger partial charge in [0.1, 0.15) is 0 Å². The Hall–Kier alpha value is -1.06. The number of aromatic nitrogens is 3. The summed E-state index contributed by atoms with van der Waals surface area (Å²) in [6.45, 7) is 8.82. The van der Waals surface area contributed by atoms with E-state index in [1.165, 1.54) is 32.1 Å². The molecule has 4 heteroatoms. The standard InChI is InChI=1S/C14H26N4/c1-5-10-6-8-11(9-7-10)18-12(14(2,3)4)13(15)16-17-18/h10-11H,5-9,15H2,1-4H3. The summed E-state index contributed by atoms with van der Waals surface area (Å²) >= 11 is 0. The summed E-state index contributed by atoms with van der Waals surface area (Å²) in [4.78, 5) is 0. The zero-order valence-corrected chi connectivity index (χ0v) is 12.1. The number of nitrogens with zero attached hydrogens (tertiary/aromatic N) is 3. The van der Waals surface area contributed by atoms with Crippen molar-refractivity contribution < 1.29 is 0 Å². The molecule has 0 amide bonds. The molecule has 1 aliphatic carbocycles. The van der Waals surface area contributed by atoms with Gasteiger partial charge in [-0.05, 0) is 31.6 Å². The minimum Gasteiger partial charge on any atom is -0.381 e. The molecule has 102 valence electrons. The molecule has 2 N–H and O–H groups in total. The van der Waals surface area contributed by atoms with Gasteiger partial charge in [-0.25, -0.2) is 4.68 Å². The van der Waals surface area contributed by atoms with Gasteiger partial charge >= 0.3 is 0 Å². The SMILES string of the molecule is CCC1CCC(n2nnc(N)c2C(C)(C)C)CC1. The summed E-state index contributed by atoms with van der Waals surface area (Å²) in [7, 11) is 0. The van der Waals surface area contributed by atoms with E-state index in [4.69, 9.17) is 5.73 Å². The minimum absolute atomic E-state index is 0.00912. The average molecular weight is 250 g/mol. The molecule has 1 saturated carbocycles. The van der Waals surface area contributed by atoms with Crippen LogP contribution < -0.4 is 5.73 Å². The zero-order chi connectivity index (χ0) is 13.3. The van der Waals surface area contributed by atoms with Crippen LogP contribution in [-0.2, 0) is 5.41 Å². The Morgan fingerprint density at radius 1 is 1.22 bits per heavy atom. The largest absolute Gasteiger partial charge is 0.381 e. The van der Waals surface area contributed by atoms with Gasteiger partial charge in [-0.3, -0.25) is 0 Å². The molecule has 0 aliphatic heterocycles. The van der Waals surface area contributed by atoms with Crippen LogP contribution in [0.2, 0.25) is 0 Å². The van der Waals surface area contributed by atoms with Crippen molar-refractivity contribution in [3.8, 4) is 0 Å². The number of anilines is 1. The molecule has 0 radical (unpaired) electrons. The van der Waals surface area contributed by atoms with E-state index in [2.05, 4.69) is 42.7 Å². The van der Waals surface area contributed by atoms with Crippen LogP contribution in [0.25, 0.3) is 0 Å². The lowest BCUT2D eigenvalue weighted by molar-refractivity contribution is 0.244. The summed E-state index contributed by atoms with van der Waals surface area (Å²) in [6, 6.07) is 0.492. The smallest absolute Gasteiger partial charge is 0.169 e. The van der Waals surface area contributed by atoms with E-state index in [0.717, 1.165) is 11.6 Å². The van der Waals surface area contributed by atoms with E-state index in [-0.39, 0.29) is 5.41 Å². The normalized spacial score (nSPS) is 25.3. The number of hydrogen-bond acceptors (Lipinski definition) is 3. The molecule has 1 aliphatic rings. The number of nitrogens with two attached hydrogens (primary N) is 1. The highest BCUT2D eigenvalue weighted by atomic mass is 15.5. The maximum absolute atomic E-state index is 5.99. The Morgan fingerprint density at radius 2 is 1.83 bits per heavy atom. The molecule has 4 nitrogen and oxygen atoms in total. The maximum atomic E-state index is 5.99. The Labute approximate surface area is 110 Å². The highest BCUT2D eigenvalue weighted by molar-refractivity contribution is 5.38. The Morgan fingerprint density at radius 3 is 2.33 bits per heavy atom. The van der Waals surface area contributed by atoms with Crippen LogP contribution in [0.5, 0.6) is 0 Å². The first-order chi connectivity index (χ1) is 8.43. The topological polar surface area (TPSA) is 56.7 Å². The van der Waals surface area contributed by atoms with Crippen LogP contribution in [-0.4, -0.2) is 15.0 Å². The second-order valence-electron chi connectivity index (χ2n) is 6.60. The molecule has 1 heterocycles. The third-order valence-corrected chi connectivity index (χ3v) is 4.17. The van der Waals surface area contributed by atoms with Crippen molar-refractivity contribution in [1.29, 1.82) is 0 Å². The van der Waals surface area contributed by atoms with E-state index in [0.29, 0.717) is 11.9 Å². The van der Waals surface area contributed by atoms with Crippen molar-refractivity contribution in [1.82, 2.24) is 15.0 Å². The molecule has 0 unspecified atom stereocenters. The Bertz CT molecular complexity index is 394. The second kappa shape index (κ2) is 4.90. The lowest BCUT2D eigenvalue weighted by atomic mass is 9.83. The van der Waals surface area contributed by atoms with Gasteiger partial charge in [0.05, 0.1) is 11.7 Å². The Kier molecular flexibility index (Phi) is 3.64. The lowest BCUT2D eigenvalue weighted by Crippen LogP contribution is -2.26. The summed E-state index contributed by atoms with van der Waals surface area (Å²) in [5.41, 5.74) is 7.10. The summed E-state index contributed by atoms with van der Waals surface area (Å²) in [5, 5.41) is 8.39. The number of hydrogen-bond donors (Lipinski definition) is 1. The van der Waals surface area contributed by atoms with Crippen LogP contribution in [0.4, 0.5) is 5.82 Å². The minimum atomic E-state index is 0.00912. The molecule has 0 aromatic carbocycles. The van der Waals surface area contributed by atoms with Crippen LogP contribution in [0.15, 0.2) is 0 Å². The predicted molar refractivity (Wildman–Crippen MR) is 74.4 cm³/mol. The Balaban J connectivity index is 2.20. The maximum Gasteiger partial charge on any atom is 0.169 e. The summed E-state index contributed by atoms with van der Waals surface area (Å²) in [6.07, 6.45) is 6.35. The first kappa shape index (κ1) is 13.4. The fraction of sp³-hybridized carbons (Fsp3) is 0.857. The van der Waals surface area contributed by atoms with Crippen molar-refractivity contribution in [3.63, 3.8) is 0 Å². The summed E-state index contributed by atoms with van der Waals surface area (Å²) < 4.78 is 2.10. The van der Waals surface area contributed by atoms with Crippen LogP contribution in [0, 0.1) is 5.92 Å². The fourth-order valence-corrected chi connectivity index (χ4v) is 3.09. The van der Waals surface area contributed by atoms with Gasteiger partial charge in [0.2, 0.25) is 0 Å². The third kappa shape index (κ3) is 2.52. The highest BCUT2D eigenvalue weighted by Crippen LogP contribution is 2.37. The first-order valence-electron chi connectivity index (χ1n) is 7.14. The molecule has 0 spiro atoms. The molecule has 1 aromatic heterocycles. The predicted octanol–water partition coefficient (Wildman–Crippen LogP) is 3.30. The fourth-order valence-electron chi connectivity index (χ4n) is 3.09. The van der Waals surface area contributed by atoms with E-state index < -0.39 is 0 Å². The van der Waals surface area contributed by atoms with Crippen molar-refractivity contribution in [2.75, 3.05) is 5.73 Å². The van der Waals surface area contributed by atoms with E-state index in [1.54, 1.807) is 0 Å². The van der Waals surface area contributed by atoms with Gasteiger partial charge in [-0.15, -0.1) is 5.10 Å². The van der Waals surface area contributed by atoms with Gasteiger partial charge in [-0.2, -0.15) is 0 Å². The van der Waals surface area contributed by atoms with E-state index in [9.17, 15) is 0 Å². The molecule has 0 atom stereocenters. The average Bonchev–Trinajstić information content (AvgIpc) is 2.71. The zero-order valence-electron chi connectivity index (χ0n) is 12.1. The van der Waals surface area contributed by atoms with Crippen LogP contribution in [0.3, 0.4) is 0 Å². The van der Waals surface area contributed by atoms with Crippen molar-refractivity contribution >= 4 is 5.82 Å². The van der Waals surface area contributed by atoms with Crippen LogP contribution >= 0.6 is 0 Å². The monoisotopic (exact) mass is 250 g/mol. The van der Waals surface area contributed by atoms with Gasteiger partial charge in [0.25, 0.3) is 0 Å². The van der Waals surface area contributed by atoms with Gasteiger partial charge in [0.15, 0.2) is 5.82 Å². The molecular weight excluding hydrogens is 224 g/mol. The first-order valence-corrected chi connectivity index (χ1v) is 7.14. The van der Waals surface area contributed by atoms with E-state index in [1.807, 2.05) is 0 Å². The van der Waals surface area contributed by atoms with Gasteiger partial charge in [-0.1, -0.05) is 39.3 Å². The highest BCUT2D eigenvalue weighted by Gasteiger charge is 2.30. The van der Waals surface area contributed by atoms with Crippen LogP contribution in [0.1, 0.15) is 71.5 Å². The third-order valence-electron chi connectivity index (χ3n) is 4.17. The van der Waals surface area contributed by atoms with Crippen molar-refractivity contribution in [2.24, 2.45) is 5.92 Å². The molecule has 0 saturated heterocycles. The van der Waals surface area contributed by atoms with Crippen molar-refractivity contribution in [3.05, 3.63) is 5.69 Å². The lowest BCUT2D eigenvalue weighted by Gasteiger charge is -2.31. The molecule has 18 heavy (non-hydrogen) atoms. The quantitative estimate of drug-likeness (QED) is 0.876. The summed E-state index contributed by atoms with van der Waals surface area (Å²) in [5.74, 6) is 1.50. The molecule has 2 rings (SSSR count). The molecule has 1 fully saturated rings. The van der Waals surface area contributed by atoms with Gasteiger partial charge in [0, 0.05) is 5.41 Å². The second-order valence-corrected chi connectivity index (χ2v) is 6.60. The molecule has 0 bridgehead atoms.